The Kier molecular flexibility index (Phi) is 8.16. The van der Waals surface area contributed by atoms with Gasteiger partial charge in [0.1, 0.15) is 6.61 Å². The Bertz CT molecular complexity index is 1700. The molecule has 0 radical (unpaired) electrons. The van der Waals surface area contributed by atoms with Crippen LogP contribution in [0.3, 0.4) is 0 Å². The lowest BCUT2D eigenvalue weighted by atomic mass is 9.76. The summed E-state index contributed by atoms with van der Waals surface area (Å²) in [6.45, 7) is 4.66. The lowest BCUT2D eigenvalue weighted by molar-refractivity contribution is -0.384. The van der Waals surface area contributed by atoms with Gasteiger partial charge in [-0.25, -0.2) is 0 Å². The lowest BCUT2D eigenvalue weighted by Gasteiger charge is -2.37. The Hall–Kier alpha value is -4.62. The van der Waals surface area contributed by atoms with Crippen LogP contribution in [0.1, 0.15) is 53.1 Å². The van der Waals surface area contributed by atoms with Gasteiger partial charge in [-0.2, -0.15) is 0 Å². The average molecular weight is 594 g/mol. The second-order valence-electron chi connectivity index (χ2n) is 10.9. The van der Waals surface area contributed by atoms with Gasteiger partial charge in [0, 0.05) is 30.0 Å². The third-order valence-electron chi connectivity index (χ3n) is 8.00. The summed E-state index contributed by atoms with van der Waals surface area (Å²) < 4.78 is 11.8. The summed E-state index contributed by atoms with van der Waals surface area (Å²) in [7, 11) is 0. The minimum atomic E-state index is -0.431. The van der Waals surface area contributed by atoms with E-state index in [1.54, 1.807) is 24.4 Å². The average Bonchev–Trinajstić information content (AvgIpc) is 3.51. The zero-order chi connectivity index (χ0) is 29.9. The Morgan fingerprint density at radius 2 is 1.84 bits per heavy atom. The van der Waals surface area contributed by atoms with E-state index in [1.165, 1.54) is 34.5 Å². The number of nitrogens with one attached hydrogen (secondary N) is 1. The van der Waals surface area contributed by atoms with Crippen LogP contribution in [0.5, 0.6) is 11.5 Å². The van der Waals surface area contributed by atoms with E-state index < -0.39 is 4.92 Å². The second kappa shape index (κ2) is 12.3. The van der Waals surface area contributed by atoms with Crippen molar-refractivity contribution in [3.05, 3.63) is 134 Å². The number of anilines is 1. The minimum absolute atomic E-state index is 0.0290. The Morgan fingerprint density at radius 3 is 2.58 bits per heavy atom. The van der Waals surface area contributed by atoms with Gasteiger partial charge < -0.3 is 14.8 Å². The molecule has 0 unspecified atom stereocenters. The number of halogens is 1. The van der Waals surface area contributed by atoms with Crippen LogP contribution in [-0.4, -0.2) is 17.7 Å². The highest BCUT2D eigenvalue weighted by molar-refractivity contribution is 6.32. The summed E-state index contributed by atoms with van der Waals surface area (Å²) in [6, 6.07) is 25.2. The molecule has 0 spiro atoms. The van der Waals surface area contributed by atoms with Crippen LogP contribution >= 0.6 is 11.6 Å². The molecule has 1 aliphatic heterocycles. The molecule has 0 fully saturated rings. The molecule has 7 nitrogen and oxygen atoms in total. The van der Waals surface area contributed by atoms with Crippen LogP contribution < -0.4 is 14.8 Å². The number of aryl methyl sites for hydroxylation is 1. The van der Waals surface area contributed by atoms with Gasteiger partial charge in [0.25, 0.3) is 5.69 Å². The molecule has 0 saturated carbocycles. The first-order valence-corrected chi connectivity index (χ1v) is 14.8. The molecule has 1 N–H and O–H groups in total. The van der Waals surface area contributed by atoms with Gasteiger partial charge in [0.15, 0.2) is 11.5 Å². The molecular formula is C35H32ClN3O4. The van der Waals surface area contributed by atoms with Crippen molar-refractivity contribution in [3.63, 3.8) is 0 Å². The molecule has 218 valence electrons. The molecule has 8 heteroatoms. The maximum Gasteiger partial charge on any atom is 0.269 e. The maximum absolute atomic E-state index is 10.9. The number of aliphatic imine (C=N–C) groups is 1. The van der Waals surface area contributed by atoms with Crippen LogP contribution in [0.2, 0.25) is 5.02 Å². The van der Waals surface area contributed by atoms with Crippen LogP contribution in [0, 0.1) is 23.0 Å². The fourth-order valence-electron chi connectivity index (χ4n) is 5.90. The van der Waals surface area contributed by atoms with Crippen LogP contribution in [0.25, 0.3) is 0 Å². The number of hydrogen-bond donors (Lipinski definition) is 1. The summed E-state index contributed by atoms with van der Waals surface area (Å²) >= 11 is 6.61. The number of hydrogen-bond acceptors (Lipinski definition) is 6. The second-order valence-corrected chi connectivity index (χ2v) is 11.3. The first-order chi connectivity index (χ1) is 20.9. The van der Waals surface area contributed by atoms with Crippen LogP contribution in [0.15, 0.2) is 96.0 Å². The number of benzene rings is 4. The van der Waals surface area contributed by atoms with Crippen LogP contribution in [0.4, 0.5) is 17.1 Å². The molecule has 6 rings (SSSR count). The van der Waals surface area contributed by atoms with Crippen molar-refractivity contribution in [1.29, 1.82) is 0 Å². The van der Waals surface area contributed by atoms with Crippen molar-refractivity contribution in [1.82, 2.24) is 0 Å². The van der Waals surface area contributed by atoms with Crippen LogP contribution in [-0.2, 0) is 6.61 Å². The number of ether oxygens (including phenoxy) is 2. The third-order valence-corrected chi connectivity index (χ3v) is 8.28. The lowest BCUT2D eigenvalue weighted by Crippen LogP contribution is -2.29. The van der Waals surface area contributed by atoms with E-state index in [0.717, 1.165) is 23.2 Å². The van der Waals surface area contributed by atoms with Gasteiger partial charge in [0.05, 0.1) is 28.3 Å². The molecule has 0 amide bonds. The molecule has 1 aliphatic carbocycles. The van der Waals surface area contributed by atoms with Gasteiger partial charge in [-0.15, -0.1) is 0 Å². The summed E-state index contributed by atoms with van der Waals surface area (Å²) in [5.41, 5.74) is 7.57. The molecule has 2 aliphatic rings. The molecule has 4 aromatic rings. The minimum Gasteiger partial charge on any atom is -0.490 e. The zero-order valence-electron chi connectivity index (χ0n) is 24.0. The Morgan fingerprint density at radius 1 is 1.05 bits per heavy atom. The van der Waals surface area contributed by atoms with E-state index in [0.29, 0.717) is 35.0 Å². The molecular weight excluding hydrogens is 562 g/mol. The molecule has 4 aromatic carbocycles. The van der Waals surface area contributed by atoms with Crippen molar-refractivity contribution >= 4 is 34.9 Å². The molecule has 0 aromatic heterocycles. The number of allylic oxidation sites excluding steroid dienone is 2. The summed E-state index contributed by atoms with van der Waals surface area (Å²) in [6.07, 6.45) is 7.50. The SMILES string of the molecule is CCOc1cc(C=Nc2ccc([C@@H]3Nc4ccc(C)cc4[C@H]4C=CC[C@@H]43)cc2)cc(Cl)c1OCc1ccc([N+](=O)[O-])cc1. The maximum atomic E-state index is 10.9. The third kappa shape index (κ3) is 6.13. The first-order valence-electron chi connectivity index (χ1n) is 14.4. The highest BCUT2D eigenvalue weighted by Gasteiger charge is 2.37. The van der Waals surface area contributed by atoms with Crippen molar-refractivity contribution in [3.8, 4) is 11.5 Å². The predicted octanol–water partition coefficient (Wildman–Crippen LogP) is 9.11. The van der Waals surface area contributed by atoms with Gasteiger partial charge in [-0.3, -0.25) is 15.1 Å². The van der Waals surface area contributed by atoms with E-state index in [1.807, 2.05) is 25.1 Å². The quantitative estimate of drug-likeness (QED) is 0.0905. The molecule has 0 saturated heterocycles. The molecule has 1 heterocycles. The van der Waals surface area contributed by atoms with Crippen molar-refractivity contribution < 1.29 is 14.4 Å². The molecule has 43 heavy (non-hydrogen) atoms. The Labute approximate surface area is 256 Å². The molecule has 0 bridgehead atoms. The smallest absolute Gasteiger partial charge is 0.269 e. The fourth-order valence-corrected chi connectivity index (χ4v) is 6.17. The van der Waals surface area contributed by atoms with Gasteiger partial charge in [-0.1, -0.05) is 53.6 Å². The zero-order valence-corrected chi connectivity index (χ0v) is 24.8. The predicted molar refractivity (Wildman–Crippen MR) is 171 cm³/mol. The van der Waals surface area contributed by atoms with E-state index >= 15 is 0 Å². The summed E-state index contributed by atoms with van der Waals surface area (Å²) in [5.74, 6) is 1.85. The van der Waals surface area contributed by atoms with E-state index in [2.05, 4.69) is 54.7 Å². The van der Waals surface area contributed by atoms with Crippen molar-refractivity contribution in [2.75, 3.05) is 11.9 Å². The highest BCUT2D eigenvalue weighted by atomic mass is 35.5. The van der Waals surface area contributed by atoms with E-state index in [9.17, 15) is 10.1 Å². The highest BCUT2D eigenvalue weighted by Crippen LogP contribution is 2.50. The van der Waals surface area contributed by atoms with Crippen molar-refractivity contribution in [2.45, 2.75) is 38.8 Å². The monoisotopic (exact) mass is 593 g/mol. The normalized spacial score (nSPS) is 18.6. The number of nitrogens with zero attached hydrogens (tertiary/aromatic N) is 2. The fraction of sp³-hybridized carbons (Fsp3) is 0.229. The number of rotatable bonds is 9. The number of nitro benzene ring substituents is 1. The number of non-ortho nitro benzene ring substituents is 1. The first kappa shape index (κ1) is 28.5. The number of nitro groups is 1. The standard InChI is InChI=1S/C35H32ClN3O4/c1-3-42-33-19-24(18-31(36)35(33)43-21-23-8-14-27(15-9-23)39(40)41)20-37-26-12-10-25(11-13-26)34-29-6-4-5-28(29)30-17-22(2)7-16-32(30)38-34/h4-5,7-20,28-29,34,38H,3,6,21H2,1-2H3/t28-,29-,34-/m0/s1. The summed E-state index contributed by atoms with van der Waals surface area (Å²) in [4.78, 5) is 15.2. The molecule has 3 atom stereocenters. The van der Waals surface area contributed by atoms with E-state index in [-0.39, 0.29) is 18.3 Å². The number of fused-ring (bicyclic) bond motifs is 3. The largest absolute Gasteiger partial charge is 0.490 e. The Balaban J connectivity index is 1.16. The topological polar surface area (TPSA) is 86.0 Å². The van der Waals surface area contributed by atoms with Gasteiger partial charge in [-0.05, 0) is 90.9 Å². The van der Waals surface area contributed by atoms with Gasteiger partial charge >= 0.3 is 0 Å². The van der Waals surface area contributed by atoms with E-state index in [4.69, 9.17) is 26.1 Å². The summed E-state index contributed by atoms with van der Waals surface area (Å²) in [5, 5.41) is 15.1. The van der Waals surface area contributed by atoms with Gasteiger partial charge in [0.2, 0.25) is 0 Å². The van der Waals surface area contributed by atoms with Crippen molar-refractivity contribution in [2.24, 2.45) is 10.9 Å².